The first-order chi connectivity index (χ1) is 10.0. The number of sulfonamides is 1. The smallest absolute Gasteiger partial charge is 0.264 e. The fraction of sp³-hybridized carbons (Fsp3) is 0.588. The quantitative estimate of drug-likeness (QED) is 0.902. The highest BCUT2D eigenvalue weighted by molar-refractivity contribution is 7.90. The fourth-order valence-electron chi connectivity index (χ4n) is 2.56. The number of hydrogen-bond acceptors (Lipinski definition) is 3. The topological polar surface area (TPSA) is 63.2 Å². The summed E-state index contributed by atoms with van der Waals surface area (Å²) >= 11 is 0. The highest BCUT2D eigenvalue weighted by Crippen LogP contribution is 2.26. The maximum Gasteiger partial charge on any atom is 0.264 e. The first-order valence-electron chi connectivity index (χ1n) is 7.67. The first-order valence-corrected chi connectivity index (χ1v) is 9.15. The van der Waals surface area contributed by atoms with Gasteiger partial charge >= 0.3 is 0 Å². The number of nitrogens with one attached hydrogen (secondary N) is 1. The summed E-state index contributed by atoms with van der Waals surface area (Å²) in [5, 5.41) is 0. The third-order valence-electron chi connectivity index (χ3n) is 4.70. The Labute approximate surface area is 134 Å². The summed E-state index contributed by atoms with van der Waals surface area (Å²) in [7, 11) is -3.85. The van der Waals surface area contributed by atoms with Crippen molar-refractivity contribution in [3.8, 4) is 0 Å². The molecule has 124 valence electrons. The largest absolute Gasteiger partial charge is 0.274 e. The van der Waals surface area contributed by atoms with Crippen LogP contribution in [0, 0.1) is 39.5 Å². The molecular formula is C17H27NO3S. The van der Waals surface area contributed by atoms with Crippen molar-refractivity contribution < 1.29 is 13.2 Å². The van der Waals surface area contributed by atoms with Crippen LogP contribution >= 0.6 is 0 Å². The van der Waals surface area contributed by atoms with E-state index < -0.39 is 15.9 Å². The van der Waals surface area contributed by atoms with E-state index in [-0.39, 0.29) is 16.7 Å². The molecule has 0 saturated carbocycles. The van der Waals surface area contributed by atoms with E-state index in [4.69, 9.17) is 0 Å². The van der Waals surface area contributed by atoms with Gasteiger partial charge in [-0.05, 0) is 55.9 Å². The third kappa shape index (κ3) is 3.69. The molecule has 5 heteroatoms. The van der Waals surface area contributed by atoms with Crippen molar-refractivity contribution in [1.82, 2.24) is 4.72 Å². The Bertz CT molecular complexity index is 678. The molecular weight excluding hydrogens is 298 g/mol. The van der Waals surface area contributed by atoms with Crippen LogP contribution in [0.15, 0.2) is 11.0 Å². The molecule has 1 aromatic carbocycles. The minimum absolute atomic E-state index is 0.136. The summed E-state index contributed by atoms with van der Waals surface area (Å²) in [6, 6.07) is 1.85. The second-order valence-electron chi connectivity index (χ2n) is 6.23. The molecule has 0 saturated heterocycles. The molecule has 0 aromatic heterocycles. The predicted octanol–water partition coefficient (Wildman–Crippen LogP) is 3.41. The minimum atomic E-state index is -3.85. The van der Waals surface area contributed by atoms with Gasteiger partial charge in [-0.2, -0.15) is 0 Å². The Morgan fingerprint density at radius 3 is 2.14 bits per heavy atom. The Morgan fingerprint density at radius 2 is 1.64 bits per heavy atom. The average Bonchev–Trinajstić information content (AvgIpc) is 2.42. The fourth-order valence-corrected chi connectivity index (χ4v) is 4.15. The maximum atomic E-state index is 12.6. The van der Waals surface area contributed by atoms with E-state index in [0.717, 1.165) is 17.5 Å². The standard InChI is InChI=1S/C17H27NO3S/c1-8-10(2)14(6)17(19)18-22(20,21)16-12(4)9-11(3)13(5)15(16)7/h9-10,14H,8H2,1-7H3,(H,18,19). The average molecular weight is 325 g/mol. The molecule has 1 rings (SSSR count). The van der Waals surface area contributed by atoms with Crippen molar-refractivity contribution in [3.63, 3.8) is 0 Å². The van der Waals surface area contributed by atoms with Gasteiger partial charge in [0.25, 0.3) is 10.0 Å². The van der Waals surface area contributed by atoms with Crippen molar-refractivity contribution in [2.75, 3.05) is 0 Å². The third-order valence-corrected chi connectivity index (χ3v) is 6.34. The molecule has 0 bridgehead atoms. The second-order valence-corrected chi connectivity index (χ2v) is 7.85. The van der Waals surface area contributed by atoms with Gasteiger partial charge in [-0.3, -0.25) is 4.79 Å². The maximum absolute atomic E-state index is 12.6. The van der Waals surface area contributed by atoms with Crippen LogP contribution in [-0.4, -0.2) is 14.3 Å². The molecule has 0 heterocycles. The molecule has 0 radical (unpaired) electrons. The number of benzene rings is 1. The Kier molecular flexibility index (Phi) is 5.79. The van der Waals surface area contributed by atoms with E-state index in [1.165, 1.54) is 0 Å². The minimum Gasteiger partial charge on any atom is -0.274 e. The molecule has 0 spiro atoms. The number of carbonyl (C=O) groups is 1. The zero-order valence-corrected chi connectivity index (χ0v) is 15.4. The number of carbonyl (C=O) groups excluding carboxylic acids is 1. The van der Waals surface area contributed by atoms with E-state index in [2.05, 4.69) is 4.72 Å². The van der Waals surface area contributed by atoms with Gasteiger partial charge in [0.1, 0.15) is 0 Å². The molecule has 0 aliphatic rings. The van der Waals surface area contributed by atoms with Crippen LogP contribution in [0.25, 0.3) is 0 Å². The van der Waals surface area contributed by atoms with Crippen LogP contribution < -0.4 is 4.72 Å². The molecule has 22 heavy (non-hydrogen) atoms. The number of rotatable bonds is 5. The van der Waals surface area contributed by atoms with Crippen molar-refractivity contribution in [2.24, 2.45) is 11.8 Å². The van der Waals surface area contributed by atoms with Gasteiger partial charge in [0.2, 0.25) is 5.91 Å². The predicted molar refractivity (Wildman–Crippen MR) is 89.3 cm³/mol. The van der Waals surface area contributed by atoms with Crippen LogP contribution in [0.1, 0.15) is 49.4 Å². The first kappa shape index (κ1) is 18.7. The zero-order chi connectivity index (χ0) is 17.2. The Hall–Kier alpha value is -1.36. The van der Waals surface area contributed by atoms with Gasteiger partial charge in [-0.15, -0.1) is 0 Å². The van der Waals surface area contributed by atoms with Crippen LogP contribution in [-0.2, 0) is 14.8 Å². The molecule has 2 unspecified atom stereocenters. The lowest BCUT2D eigenvalue weighted by Gasteiger charge is -2.20. The van der Waals surface area contributed by atoms with Crippen LogP contribution in [0.3, 0.4) is 0 Å². The van der Waals surface area contributed by atoms with Crippen molar-refractivity contribution in [3.05, 3.63) is 28.3 Å². The molecule has 4 nitrogen and oxygen atoms in total. The summed E-state index contributed by atoms with van der Waals surface area (Å²) in [6.45, 7) is 13.1. The summed E-state index contributed by atoms with van der Waals surface area (Å²) < 4.78 is 27.5. The van der Waals surface area contributed by atoms with Gasteiger partial charge in [-0.1, -0.05) is 33.3 Å². The lowest BCUT2D eigenvalue weighted by molar-refractivity contribution is -0.124. The van der Waals surface area contributed by atoms with Crippen LogP contribution in [0.4, 0.5) is 0 Å². The Morgan fingerprint density at radius 1 is 1.09 bits per heavy atom. The molecule has 2 atom stereocenters. The van der Waals surface area contributed by atoms with Crippen LogP contribution in [0.2, 0.25) is 0 Å². The number of hydrogen-bond donors (Lipinski definition) is 1. The highest BCUT2D eigenvalue weighted by atomic mass is 32.2. The monoisotopic (exact) mass is 325 g/mol. The van der Waals surface area contributed by atoms with Crippen molar-refractivity contribution >= 4 is 15.9 Å². The molecule has 1 N–H and O–H groups in total. The van der Waals surface area contributed by atoms with Gasteiger partial charge in [0, 0.05) is 5.92 Å². The molecule has 1 aromatic rings. The zero-order valence-electron chi connectivity index (χ0n) is 14.6. The molecule has 1 amide bonds. The second kappa shape index (κ2) is 6.82. The van der Waals surface area contributed by atoms with E-state index in [1.807, 2.05) is 33.8 Å². The van der Waals surface area contributed by atoms with E-state index in [0.29, 0.717) is 11.1 Å². The molecule has 0 aliphatic heterocycles. The summed E-state index contributed by atoms with van der Waals surface area (Å²) in [6.07, 6.45) is 0.830. The van der Waals surface area contributed by atoms with Gasteiger partial charge in [0.15, 0.2) is 0 Å². The lowest BCUT2D eigenvalue weighted by Crippen LogP contribution is -2.37. The summed E-state index contributed by atoms with van der Waals surface area (Å²) in [5.74, 6) is -0.643. The van der Waals surface area contributed by atoms with Crippen molar-refractivity contribution in [1.29, 1.82) is 0 Å². The van der Waals surface area contributed by atoms with E-state index >= 15 is 0 Å². The Balaban J connectivity index is 3.22. The van der Waals surface area contributed by atoms with Gasteiger partial charge < -0.3 is 0 Å². The van der Waals surface area contributed by atoms with Crippen molar-refractivity contribution in [2.45, 2.75) is 59.8 Å². The normalized spacial score (nSPS) is 14.5. The number of amides is 1. The van der Waals surface area contributed by atoms with Gasteiger partial charge in [-0.25, -0.2) is 13.1 Å². The number of aryl methyl sites for hydroxylation is 2. The van der Waals surface area contributed by atoms with E-state index in [1.54, 1.807) is 20.8 Å². The molecule has 0 fully saturated rings. The van der Waals surface area contributed by atoms with E-state index in [9.17, 15) is 13.2 Å². The lowest BCUT2D eigenvalue weighted by atomic mass is 9.93. The summed E-state index contributed by atoms with van der Waals surface area (Å²) in [5.41, 5.74) is 3.35. The highest BCUT2D eigenvalue weighted by Gasteiger charge is 2.27. The summed E-state index contributed by atoms with van der Waals surface area (Å²) in [4.78, 5) is 12.4. The molecule has 0 aliphatic carbocycles. The SMILES string of the molecule is CCC(C)C(C)C(=O)NS(=O)(=O)c1c(C)cc(C)c(C)c1C. The van der Waals surface area contributed by atoms with Crippen LogP contribution in [0.5, 0.6) is 0 Å². The van der Waals surface area contributed by atoms with Gasteiger partial charge in [0.05, 0.1) is 4.90 Å².